The number of hydrogen-bond donors (Lipinski definition) is 1. The highest BCUT2D eigenvalue weighted by Gasteiger charge is 2.62. The summed E-state index contributed by atoms with van der Waals surface area (Å²) >= 11 is 0. The molecule has 12 heteroatoms. The van der Waals surface area contributed by atoms with Crippen LogP contribution in [0.15, 0.2) is 119 Å². The van der Waals surface area contributed by atoms with Gasteiger partial charge in [0.1, 0.15) is 5.65 Å². The second-order valence-electron chi connectivity index (χ2n) is 10.3. The fourth-order valence-corrected chi connectivity index (χ4v) is 4.99. The topological polar surface area (TPSA) is 156 Å². The zero-order chi connectivity index (χ0) is 31.6. The van der Waals surface area contributed by atoms with Crippen molar-refractivity contribution in [3.63, 3.8) is 0 Å². The first-order chi connectivity index (χ1) is 21.7. The molecule has 0 aliphatic carbocycles. The van der Waals surface area contributed by atoms with Crippen LogP contribution in [-0.4, -0.2) is 50.4 Å². The van der Waals surface area contributed by atoms with Gasteiger partial charge in [0.2, 0.25) is 18.0 Å². The molecule has 3 aromatic carbocycles. The molecule has 0 amide bonds. The molecular formula is C33H25N3O9. The molecule has 45 heavy (non-hydrogen) atoms. The van der Waals surface area contributed by atoms with E-state index >= 15 is 0 Å². The van der Waals surface area contributed by atoms with Gasteiger partial charge < -0.3 is 23.9 Å². The number of aromatic nitrogens is 3. The number of nitrogens with zero attached hydrogens (tertiary/aromatic N) is 2. The van der Waals surface area contributed by atoms with Gasteiger partial charge in [-0.3, -0.25) is 9.36 Å². The van der Waals surface area contributed by atoms with Crippen LogP contribution < -0.4 is 11.2 Å². The van der Waals surface area contributed by atoms with Crippen LogP contribution in [0.5, 0.6) is 0 Å². The van der Waals surface area contributed by atoms with Crippen molar-refractivity contribution in [1.82, 2.24) is 14.5 Å². The minimum atomic E-state index is -1.97. The standard InChI is InChI=1S/C33H25N3O9/c1-33(45-29(40)22-15-9-4-10-16-22)25(42-27(38)20-11-5-2-6-12-20)30(43-28(39)21-13-7-3-8-14-21)44-31(33)36-19-23-17-18-24(37)34-26(23)35-32(36)41/h2-19,25,30-31H,1H3,(H,34,35,37,41)/t25-,30?,31-,33-/m1/s1. The molecule has 12 nitrogen and oxygen atoms in total. The summed E-state index contributed by atoms with van der Waals surface area (Å²) in [6.07, 6.45) is -3.41. The van der Waals surface area contributed by atoms with E-state index < -0.39 is 53.4 Å². The molecule has 1 unspecified atom stereocenters. The van der Waals surface area contributed by atoms with Gasteiger partial charge in [-0.25, -0.2) is 19.2 Å². The number of H-pyrrole nitrogens is 1. The van der Waals surface area contributed by atoms with Gasteiger partial charge in [-0.1, -0.05) is 54.6 Å². The average molecular weight is 608 g/mol. The Morgan fingerprint density at radius 1 is 0.756 bits per heavy atom. The number of rotatable bonds is 7. The number of nitrogens with one attached hydrogen (secondary N) is 1. The summed E-state index contributed by atoms with van der Waals surface area (Å²) < 4.78 is 24.8. The van der Waals surface area contributed by atoms with Crippen LogP contribution in [0.2, 0.25) is 0 Å². The Kier molecular flexibility index (Phi) is 7.80. The number of benzene rings is 3. The molecule has 1 fully saturated rings. The first-order valence-corrected chi connectivity index (χ1v) is 13.8. The number of pyridine rings is 1. The molecular weight excluding hydrogens is 582 g/mol. The highest BCUT2D eigenvalue weighted by atomic mass is 16.8. The van der Waals surface area contributed by atoms with Crippen LogP contribution in [0, 0.1) is 0 Å². The van der Waals surface area contributed by atoms with Gasteiger partial charge in [-0.05, 0) is 49.4 Å². The molecule has 0 radical (unpaired) electrons. The molecule has 0 spiro atoms. The molecule has 1 aliphatic heterocycles. The largest absolute Gasteiger partial charge is 0.448 e. The second kappa shape index (κ2) is 12.0. The van der Waals surface area contributed by atoms with Crippen molar-refractivity contribution < 1.29 is 33.3 Å². The highest BCUT2D eigenvalue weighted by molar-refractivity contribution is 5.91. The lowest BCUT2D eigenvalue weighted by Gasteiger charge is -2.34. The van der Waals surface area contributed by atoms with Gasteiger partial charge in [0.05, 0.1) is 16.7 Å². The van der Waals surface area contributed by atoms with E-state index in [1.54, 1.807) is 54.6 Å². The summed E-state index contributed by atoms with van der Waals surface area (Å²) in [5.41, 5.74) is -2.80. The first kappa shape index (κ1) is 29.2. The normalized spacial score (nSPS) is 20.8. The number of aromatic amines is 1. The Balaban J connectivity index is 1.47. The van der Waals surface area contributed by atoms with Crippen LogP contribution in [0.1, 0.15) is 44.2 Å². The Hall–Kier alpha value is -5.88. The Bertz CT molecular complexity index is 2000. The zero-order valence-corrected chi connectivity index (χ0v) is 23.7. The highest BCUT2D eigenvalue weighted by Crippen LogP contribution is 2.44. The van der Waals surface area contributed by atoms with Crippen LogP contribution in [0.4, 0.5) is 0 Å². The number of carbonyl (C=O) groups excluding carboxylic acids is 3. The van der Waals surface area contributed by atoms with Gasteiger partial charge >= 0.3 is 23.6 Å². The van der Waals surface area contributed by atoms with Gasteiger partial charge in [0.15, 0.2) is 11.8 Å². The summed E-state index contributed by atoms with van der Waals surface area (Å²) in [7, 11) is 0. The van der Waals surface area contributed by atoms with E-state index in [9.17, 15) is 24.0 Å². The molecule has 3 heterocycles. The molecule has 0 saturated carbocycles. The molecule has 6 rings (SSSR count). The van der Waals surface area contributed by atoms with E-state index in [0.29, 0.717) is 5.39 Å². The minimum Gasteiger partial charge on any atom is -0.448 e. The smallest absolute Gasteiger partial charge is 0.351 e. The lowest BCUT2D eigenvalue weighted by atomic mass is 9.97. The number of esters is 3. The second-order valence-corrected chi connectivity index (χ2v) is 10.3. The predicted molar refractivity (Wildman–Crippen MR) is 158 cm³/mol. The first-order valence-electron chi connectivity index (χ1n) is 13.8. The summed E-state index contributed by atoms with van der Waals surface area (Å²) in [6, 6.07) is 26.8. The van der Waals surface area contributed by atoms with Gasteiger partial charge in [-0.2, -0.15) is 4.98 Å². The maximum Gasteiger partial charge on any atom is 0.351 e. The van der Waals surface area contributed by atoms with E-state index in [4.69, 9.17) is 18.9 Å². The number of hydrogen-bond acceptors (Lipinski definition) is 10. The summed E-state index contributed by atoms with van der Waals surface area (Å²) in [6.45, 7) is 1.40. The maximum atomic E-state index is 13.5. The van der Waals surface area contributed by atoms with E-state index in [0.717, 1.165) is 4.57 Å². The Morgan fingerprint density at radius 3 is 1.87 bits per heavy atom. The van der Waals surface area contributed by atoms with Crippen molar-refractivity contribution in [1.29, 1.82) is 0 Å². The van der Waals surface area contributed by atoms with Crippen molar-refractivity contribution in [3.8, 4) is 0 Å². The van der Waals surface area contributed by atoms with Crippen LogP contribution in [-0.2, 0) is 18.9 Å². The van der Waals surface area contributed by atoms with Crippen molar-refractivity contribution in [3.05, 3.63) is 147 Å². The number of ether oxygens (including phenoxy) is 4. The maximum absolute atomic E-state index is 13.5. The van der Waals surface area contributed by atoms with Crippen LogP contribution in [0.3, 0.4) is 0 Å². The third-order valence-corrected chi connectivity index (χ3v) is 7.25. The van der Waals surface area contributed by atoms with E-state index in [2.05, 4.69) is 9.97 Å². The molecule has 1 N–H and O–H groups in total. The van der Waals surface area contributed by atoms with Crippen LogP contribution in [0.25, 0.3) is 11.0 Å². The third kappa shape index (κ3) is 5.86. The summed E-state index contributed by atoms with van der Waals surface area (Å²) in [4.78, 5) is 71.8. The molecule has 0 bridgehead atoms. The number of fused-ring (bicyclic) bond motifs is 1. The molecule has 226 valence electrons. The molecule has 1 saturated heterocycles. The molecule has 4 atom stereocenters. The molecule has 5 aromatic rings. The van der Waals surface area contributed by atoms with Crippen molar-refractivity contribution >= 4 is 28.9 Å². The zero-order valence-electron chi connectivity index (χ0n) is 23.7. The Morgan fingerprint density at radius 2 is 1.29 bits per heavy atom. The lowest BCUT2D eigenvalue weighted by Crippen LogP contribution is -2.51. The quantitative estimate of drug-likeness (QED) is 0.214. The fourth-order valence-electron chi connectivity index (χ4n) is 4.99. The van der Waals surface area contributed by atoms with Crippen molar-refractivity contribution in [2.75, 3.05) is 0 Å². The van der Waals surface area contributed by atoms with E-state index in [-0.39, 0.29) is 22.3 Å². The monoisotopic (exact) mass is 607 g/mol. The van der Waals surface area contributed by atoms with E-state index in [1.807, 2.05) is 0 Å². The number of carbonyl (C=O) groups is 3. The lowest BCUT2D eigenvalue weighted by molar-refractivity contribution is -0.149. The van der Waals surface area contributed by atoms with Crippen LogP contribution >= 0.6 is 0 Å². The molecule has 1 aliphatic rings. The predicted octanol–water partition coefficient (Wildman–Crippen LogP) is 3.64. The van der Waals surface area contributed by atoms with Gasteiger partial charge in [0.25, 0.3) is 0 Å². The van der Waals surface area contributed by atoms with Gasteiger partial charge in [-0.15, -0.1) is 0 Å². The van der Waals surface area contributed by atoms with Crippen molar-refractivity contribution in [2.24, 2.45) is 0 Å². The van der Waals surface area contributed by atoms with Gasteiger partial charge in [0, 0.05) is 17.6 Å². The SMILES string of the molecule is C[C@@]1(OC(=O)c2ccccc2)[C@H](OC(=O)c2ccccc2)C(OC(=O)c2ccccc2)O[C@H]1n1cc2ccc(=O)[nH]c2nc1=O. The Labute approximate surface area is 254 Å². The summed E-state index contributed by atoms with van der Waals surface area (Å²) in [5, 5.41) is 0.345. The summed E-state index contributed by atoms with van der Waals surface area (Å²) in [5.74, 6) is -2.47. The molecule has 2 aromatic heterocycles. The fraction of sp³-hybridized carbons (Fsp3) is 0.152. The third-order valence-electron chi connectivity index (χ3n) is 7.25. The minimum absolute atomic E-state index is 0.0174. The van der Waals surface area contributed by atoms with E-state index in [1.165, 1.54) is 61.7 Å². The van der Waals surface area contributed by atoms with Crippen molar-refractivity contribution in [2.45, 2.75) is 31.1 Å². The average Bonchev–Trinajstić information content (AvgIpc) is 3.31.